The van der Waals surface area contributed by atoms with Crippen molar-refractivity contribution in [2.45, 2.75) is 31.9 Å². The van der Waals surface area contributed by atoms with Gasteiger partial charge in [-0.25, -0.2) is 13.8 Å². The van der Waals surface area contributed by atoms with Crippen LogP contribution in [0.1, 0.15) is 35.3 Å². The molecule has 2 aromatic carbocycles. The maximum absolute atomic E-state index is 12.4. The van der Waals surface area contributed by atoms with E-state index in [-0.39, 0.29) is 11.2 Å². The number of anilines is 2. The van der Waals surface area contributed by atoms with Crippen LogP contribution in [0.3, 0.4) is 0 Å². The number of aromatic nitrogens is 1. The molecule has 40 heavy (non-hydrogen) atoms. The Balaban J connectivity index is 0.000000293. The van der Waals surface area contributed by atoms with Crippen molar-refractivity contribution >= 4 is 58.0 Å². The number of aldehydes is 1. The number of hydrogen-bond donors (Lipinski definition) is 3. The van der Waals surface area contributed by atoms with Crippen molar-refractivity contribution in [2.24, 2.45) is 5.73 Å². The summed E-state index contributed by atoms with van der Waals surface area (Å²) in [7, 11) is 2.19. The van der Waals surface area contributed by atoms with E-state index >= 15 is 0 Å². The predicted octanol–water partition coefficient (Wildman–Crippen LogP) is 6.52. The molecule has 1 amide bonds. The minimum absolute atomic E-state index is 0.0137. The van der Waals surface area contributed by atoms with Gasteiger partial charge in [0.05, 0.1) is 5.52 Å². The number of alkyl halides is 5. The summed E-state index contributed by atoms with van der Waals surface area (Å²) < 4.78 is 61.1. The maximum atomic E-state index is 12.4. The second kappa shape index (κ2) is 17.5. The number of piperidine rings is 1. The Labute approximate surface area is 238 Å². The summed E-state index contributed by atoms with van der Waals surface area (Å²) in [4.78, 5) is 25.4. The average molecular weight is 608 g/mol. The van der Waals surface area contributed by atoms with Gasteiger partial charge in [0.1, 0.15) is 5.69 Å². The number of hydrogen-bond acceptors (Lipinski definition) is 7. The first-order valence-electron chi connectivity index (χ1n) is 11.8. The lowest BCUT2D eigenvalue weighted by atomic mass is 10.1. The molecule has 0 radical (unpaired) electrons. The fourth-order valence-electron chi connectivity index (χ4n) is 3.28. The summed E-state index contributed by atoms with van der Waals surface area (Å²) in [5, 5.41) is 0.821. The molecule has 2 heterocycles. The average Bonchev–Trinajstić information content (AvgIpc) is 2.90. The van der Waals surface area contributed by atoms with E-state index in [1.165, 1.54) is 62.5 Å². The van der Waals surface area contributed by atoms with Gasteiger partial charge < -0.3 is 21.1 Å². The van der Waals surface area contributed by atoms with Crippen LogP contribution in [0.4, 0.5) is 33.3 Å². The van der Waals surface area contributed by atoms with E-state index in [4.69, 9.17) is 27.9 Å². The number of primary amides is 1. The molecule has 1 saturated heterocycles. The van der Waals surface area contributed by atoms with Crippen molar-refractivity contribution in [3.05, 3.63) is 64.8 Å². The molecule has 1 aromatic heterocycles. The van der Waals surface area contributed by atoms with Crippen molar-refractivity contribution in [1.82, 2.24) is 9.88 Å². The molecule has 220 valence electrons. The SMILES string of the molecule is CN1CCCCC1.CSNc1cccc(C(N)=O)c1.Nc1cc(C(F)(F)F)nc2ccc(Cl)cc12.O=CC(F)F. The Morgan fingerprint density at radius 2 is 1.75 bits per heavy atom. The highest BCUT2D eigenvalue weighted by Gasteiger charge is 2.33. The molecule has 1 aliphatic heterocycles. The van der Waals surface area contributed by atoms with E-state index in [0.717, 1.165) is 11.8 Å². The summed E-state index contributed by atoms with van der Waals surface area (Å²) in [6, 6.07) is 12.2. The van der Waals surface area contributed by atoms with Crippen LogP contribution in [-0.4, -0.2) is 54.9 Å². The summed E-state index contributed by atoms with van der Waals surface area (Å²) in [6.45, 7) is 2.64. The van der Waals surface area contributed by atoms with Crippen LogP contribution >= 0.6 is 23.5 Å². The van der Waals surface area contributed by atoms with Crippen molar-refractivity contribution in [3.63, 3.8) is 0 Å². The number of halogens is 6. The molecule has 1 fully saturated rings. The van der Waals surface area contributed by atoms with Crippen LogP contribution in [0.2, 0.25) is 5.02 Å². The number of rotatable bonds is 4. The molecule has 5 N–H and O–H groups in total. The molecule has 0 bridgehead atoms. The Bertz CT molecular complexity index is 1230. The minimum atomic E-state index is -4.50. The zero-order valence-corrected chi connectivity index (χ0v) is 23.4. The van der Waals surface area contributed by atoms with Crippen molar-refractivity contribution < 1.29 is 31.5 Å². The molecule has 0 spiro atoms. The molecule has 0 unspecified atom stereocenters. The lowest BCUT2D eigenvalue weighted by molar-refractivity contribution is -0.140. The minimum Gasteiger partial charge on any atom is -0.398 e. The number of nitrogen functional groups attached to an aromatic ring is 1. The number of benzene rings is 2. The summed E-state index contributed by atoms with van der Waals surface area (Å²) in [5.74, 6) is -0.403. The number of carbonyl (C=O) groups excluding carboxylic acids is 2. The Hall–Kier alpha value is -3.16. The molecule has 0 atom stereocenters. The van der Waals surface area contributed by atoms with E-state index in [1.807, 2.05) is 12.3 Å². The molecule has 3 aromatic rings. The number of nitrogens with one attached hydrogen (secondary N) is 1. The number of carbonyl (C=O) groups is 2. The Kier molecular flexibility index (Phi) is 15.3. The molecule has 0 aliphatic carbocycles. The van der Waals surface area contributed by atoms with Crippen LogP contribution < -0.4 is 16.2 Å². The van der Waals surface area contributed by atoms with Crippen LogP contribution in [0.25, 0.3) is 10.9 Å². The monoisotopic (exact) mass is 607 g/mol. The van der Waals surface area contributed by atoms with Crippen molar-refractivity contribution in [3.8, 4) is 0 Å². The smallest absolute Gasteiger partial charge is 0.398 e. The zero-order valence-electron chi connectivity index (χ0n) is 21.9. The topological polar surface area (TPSA) is 114 Å². The van der Waals surface area contributed by atoms with Gasteiger partial charge in [-0.15, -0.1) is 0 Å². The quantitative estimate of drug-likeness (QED) is 0.176. The second-order valence-corrected chi connectivity index (χ2v) is 9.39. The number of fused-ring (bicyclic) bond motifs is 1. The molecular formula is C26H31ClF5N5O2S. The van der Waals surface area contributed by atoms with Gasteiger partial charge in [0.2, 0.25) is 5.91 Å². The number of nitrogens with zero attached hydrogens (tertiary/aromatic N) is 2. The van der Waals surface area contributed by atoms with Gasteiger partial charge >= 0.3 is 6.18 Å². The highest BCUT2D eigenvalue weighted by atomic mass is 35.5. The summed E-state index contributed by atoms with van der Waals surface area (Å²) >= 11 is 7.19. The van der Waals surface area contributed by atoms with E-state index < -0.39 is 30.5 Å². The molecule has 14 heteroatoms. The fourth-order valence-corrected chi connectivity index (χ4v) is 3.81. The van der Waals surface area contributed by atoms with Crippen LogP contribution in [0.5, 0.6) is 0 Å². The third kappa shape index (κ3) is 13.3. The first-order chi connectivity index (χ1) is 18.8. The molecule has 4 rings (SSSR count). The van der Waals surface area contributed by atoms with Gasteiger partial charge in [-0.05, 0) is 75.4 Å². The Morgan fingerprint density at radius 1 is 1.12 bits per heavy atom. The summed E-state index contributed by atoms with van der Waals surface area (Å²) in [6.07, 6.45) is -1.52. The lowest BCUT2D eigenvalue weighted by Gasteiger charge is -2.20. The van der Waals surface area contributed by atoms with Gasteiger partial charge in [-0.3, -0.25) is 9.59 Å². The second-order valence-electron chi connectivity index (χ2n) is 8.34. The largest absolute Gasteiger partial charge is 0.433 e. The Morgan fingerprint density at radius 3 is 2.23 bits per heavy atom. The highest BCUT2D eigenvalue weighted by molar-refractivity contribution is 7.99. The summed E-state index contributed by atoms with van der Waals surface area (Å²) in [5.41, 5.74) is 11.2. The number of pyridine rings is 1. The van der Waals surface area contributed by atoms with E-state index in [2.05, 4.69) is 21.7 Å². The third-order valence-corrected chi connectivity index (χ3v) is 5.82. The van der Waals surface area contributed by atoms with Crippen LogP contribution in [0, 0.1) is 0 Å². The van der Waals surface area contributed by atoms with E-state index in [9.17, 15) is 26.7 Å². The highest BCUT2D eigenvalue weighted by Crippen LogP contribution is 2.32. The van der Waals surface area contributed by atoms with Crippen molar-refractivity contribution in [2.75, 3.05) is 36.8 Å². The third-order valence-electron chi connectivity index (χ3n) is 5.14. The predicted molar refractivity (Wildman–Crippen MR) is 152 cm³/mol. The van der Waals surface area contributed by atoms with Crippen LogP contribution in [0.15, 0.2) is 48.5 Å². The van der Waals surface area contributed by atoms with Gasteiger partial charge in [0.25, 0.3) is 6.43 Å². The first kappa shape index (κ1) is 34.9. The van der Waals surface area contributed by atoms with Crippen LogP contribution in [-0.2, 0) is 11.0 Å². The first-order valence-corrected chi connectivity index (χ1v) is 13.4. The molecule has 0 saturated carbocycles. The van der Waals surface area contributed by atoms with E-state index in [0.29, 0.717) is 16.0 Å². The molecular weight excluding hydrogens is 577 g/mol. The normalized spacial score (nSPS) is 13.1. The molecule has 1 aliphatic rings. The van der Waals surface area contributed by atoms with Gasteiger partial charge in [-0.1, -0.05) is 36.0 Å². The number of likely N-dealkylation sites (tertiary alicyclic amines) is 1. The fraction of sp³-hybridized carbons (Fsp3) is 0.346. The van der Waals surface area contributed by atoms with E-state index in [1.54, 1.807) is 18.2 Å². The standard InChI is InChI=1S/C10H6ClF3N2.C8H10N2OS.C6H13N.C2H2F2O/c11-5-1-2-8-6(3-5)7(15)4-9(16-8)10(12,13)14;1-12-10-7-4-2-3-6(5-7)8(9)11;1-7-5-3-2-4-6-7;3-2(4)1-5/h1-4H,(H2,15,16);2-5,10H,1H3,(H2,9,11);2-6H2,1H3;1-2H. The number of amides is 1. The van der Waals surface area contributed by atoms with Crippen molar-refractivity contribution in [1.29, 1.82) is 0 Å². The zero-order chi connectivity index (χ0) is 30.3. The lowest BCUT2D eigenvalue weighted by Crippen LogP contribution is -2.24. The van der Waals surface area contributed by atoms with Gasteiger partial charge in [0.15, 0.2) is 6.29 Å². The molecule has 7 nitrogen and oxygen atoms in total. The van der Waals surface area contributed by atoms with Gasteiger partial charge in [-0.2, -0.15) is 13.2 Å². The number of nitrogens with two attached hydrogens (primary N) is 2. The van der Waals surface area contributed by atoms with Gasteiger partial charge in [0, 0.05) is 33.6 Å². The maximum Gasteiger partial charge on any atom is 0.433 e.